The molecule has 1 aromatic carbocycles. The Bertz CT molecular complexity index is 638. The van der Waals surface area contributed by atoms with Crippen LogP contribution in [-0.2, 0) is 0 Å². The lowest BCUT2D eigenvalue weighted by atomic mass is 10.0. The van der Waals surface area contributed by atoms with Gasteiger partial charge in [0.1, 0.15) is 23.7 Å². The molecule has 0 aliphatic rings. The molecule has 0 unspecified atom stereocenters. The number of hydrogen-bond donors (Lipinski definition) is 2. The van der Waals surface area contributed by atoms with Gasteiger partial charge >= 0.3 is 0 Å². The van der Waals surface area contributed by atoms with Gasteiger partial charge in [-0.1, -0.05) is 29.8 Å². The fourth-order valence-electron chi connectivity index (χ4n) is 2.02. The molecule has 0 saturated heterocycles. The molecule has 0 spiro atoms. The third-order valence-corrected chi connectivity index (χ3v) is 3.41. The van der Waals surface area contributed by atoms with Crippen molar-refractivity contribution in [2.24, 2.45) is 0 Å². The predicted molar refractivity (Wildman–Crippen MR) is 83.0 cm³/mol. The van der Waals surface area contributed by atoms with Gasteiger partial charge in [0, 0.05) is 17.1 Å². The Hall–Kier alpha value is -1.76. The van der Waals surface area contributed by atoms with Crippen LogP contribution in [0.4, 0.5) is 26.1 Å². The molecule has 1 aromatic heterocycles. The maximum atomic E-state index is 13.9. The quantitative estimate of drug-likeness (QED) is 0.850. The Morgan fingerprint density at radius 1 is 1.10 bits per heavy atom. The Balaban J connectivity index is 2.50. The van der Waals surface area contributed by atoms with E-state index < -0.39 is 11.6 Å². The molecule has 0 atom stereocenters. The first-order valence-electron chi connectivity index (χ1n) is 6.38. The Morgan fingerprint density at radius 3 is 2.19 bits per heavy atom. The van der Waals surface area contributed by atoms with Gasteiger partial charge in [0.25, 0.3) is 0 Å². The van der Waals surface area contributed by atoms with Crippen LogP contribution in [0.3, 0.4) is 0 Å². The molecule has 0 radical (unpaired) electrons. The van der Waals surface area contributed by atoms with Crippen LogP contribution in [0, 0.1) is 11.6 Å². The molecule has 0 aliphatic heterocycles. The lowest BCUT2D eigenvalue weighted by Crippen LogP contribution is -2.08. The molecule has 0 amide bonds. The highest BCUT2D eigenvalue weighted by atomic mass is 79.9. The van der Waals surface area contributed by atoms with Gasteiger partial charge in [0.2, 0.25) is 0 Å². The second-order valence-corrected chi connectivity index (χ2v) is 5.67. The van der Waals surface area contributed by atoms with Crippen LogP contribution in [0.25, 0.3) is 0 Å². The Labute approximate surface area is 130 Å². The molecule has 21 heavy (non-hydrogen) atoms. The molecule has 1 heterocycles. The number of rotatable bonds is 4. The molecule has 0 saturated carbocycles. The smallest absolute Gasteiger partial charge is 0.150 e. The Morgan fingerprint density at radius 2 is 1.67 bits per heavy atom. The molecule has 112 valence electrons. The van der Waals surface area contributed by atoms with Gasteiger partial charge in [-0.05, 0) is 18.1 Å². The number of hydrogen-bond acceptors (Lipinski definition) is 4. The van der Waals surface area contributed by atoms with Gasteiger partial charge in [0.15, 0.2) is 11.6 Å². The molecule has 0 fully saturated rings. The summed E-state index contributed by atoms with van der Waals surface area (Å²) in [4.78, 5) is 8.22. The van der Waals surface area contributed by atoms with E-state index in [0.717, 1.165) is 5.56 Å². The van der Waals surface area contributed by atoms with Crippen LogP contribution >= 0.6 is 15.9 Å². The number of nitrogens with zero attached hydrogens (tertiary/aromatic N) is 2. The maximum absolute atomic E-state index is 13.9. The highest BCUT2D eigenvalue weighted by molar-refractivity contribution is 9.10. The van der Waals surface area contributed by atoms with Gasteiger partial charge in [-0.2, -0.15) is 0 Å². The van der Waals surface area contributed by atoms with E-state index in [1.165, 1.54) is 18.5 Å². The summed E-state index contributed by atoms with van der Waals surface area (Å²) < 4.78 is 28.2. The fraction of sp³-hybridized carbons (Fsp3) is 0.286. The molecule has 0 bridgehead atoms. The van der Waals surface area contributed by atoms with E-state index in [2.05, 4.69) is 36.5 Å². The van der Waals surface area contributed by atoms with E-state index in [-0.39, 0.29) is 11.6 Å². The van der Waals surface area contributed by atoms with Crippen molar-refractivity contribution in [3.05, 3.63) is 40.1 Å². The minimum Gasteiger partial charge on any atom is -0.373 e. The largest absolute Gasteiger partial charge is 0.373 e. The lowest BCUT2D eigenvalue weighted by molar-refractivity contribution is 0.589. The first-order chi connectivity index (χ1) is 9.93. The first kappa shape index (κ1) is 15.6. The second-order valence-electron chi connectivity index (χ2n) is 4.76. The van der Waals surface area contributed by atoms with Crippen LogP contribution in [0.5, 0.6) is 0 Å². The molecular weight excluding hydrogens is 342 g/mol. The van der Waals surface area contributed by atoms with E-state index in [4.69, 9.17) is 0 Å². The fourth-order valence-corrected chi connectivity index (χ4v) is 2.42. The number of halogens is 3. The van der Waals surface area contributed by atoms with Crippen LogP contribution in [-0.4, -0.2) is 17.0 Å². The molecule has 4 nitrogen and oxygen atoms in total. The number of benzene rings is 1. The van der Waals surface area contributed by atoms with Gasteiger partial charge in [0.05, 0.1) is 0 Å². The van der Waals surface area contributed by atoms with E-state index >= 15 is 0 Å². The van der Waals surface area contributed by atoms with E-state index in [1.807, 2.05) is 13.8 Å². The summed E-state index contributed by atoms with van der Waals surface area (Å²) in [6, 6.07) is 2.39. The highest BCUT2D eigenvalue weighted by Crippen LogP contribution is 2.32. The number of aromatic nitrogens is 2. The van der Waals surface area contributed by atoms with E-state index in [1.54, 1.807) is 7.05 Å². The third-order valence-electron chi connectivity index (χ3n) is 2.95. The molecule has 2 aromatic rings. The van der Waals surface area contributed by atoms with Crippen molar-refractivity contribution >= 4 is 33.3 Å². The first-order valence-corrected chi connectivity index (χ1v) is 7.17. The van der Waals surface area contributed by atoms with Crippen LogP contribution in [0.1, 0.15) is 25.3 Å². The summed E-state index contributed by atoms with van der Waals surface area (Å²) in [5.41, 5.74) is 0.530. The zero-order valence-electron chi connectivity index (χ0n) is 11.8. The SMILES string of the molecule is CNc1ncnc(Nc2c(F)cc(Br)cc2F)c1C(C)C. The highest BCUT2D eigenvalue weighted by Gasteiger charge is 2.17. The van der Waals surface area contributed by atoms with Crippen molar-refractivity contribution < 1.29 is 8.78 Å². The normalized spacial score (nSPS) is 10.8. The van der Waals surface area contributed by atoms with Crippen molar-refractivity contribution in [1.29, 1.82) is 0 Å². The molecule has 2 N–H and O–H groups in total. The van der Waals surface area contributed by atoms with Crippen LogP contribution < -0.4 is 10.6 Å². The average Bonchev–Trinajstić information content (AvgIpc) is 2.42. The van der Waals surface area contributed by atoms with Crippen molar-refractivity contribution in [3.63, 3.8) is 0 Å². The van der Waals surface area contributed by atoms with Crippen LogP contribution in [0.2, 0.25) is 0 Å². The minimum atomic E-state index is -0.693. The minimum absolute atomic E-state index is 0.0812. The lowest BCUT2D eigenvalue weighted by Gasteiger charge is -2.17. The summed E-state index contributed by atoms with van der Waals surface area (Å²) in [7, 11) is 1.73. The second kappa shape index (κ2) is 6.34. The molecular formula is C14H15BrF2N4. The summed E-state index contributed by atoms with van der Waals surface area (Å²) in [6.07, 6.45) is 1.34. The predicted octanol–water partition coefficient (Wildman–Crippen LogP) is 4.43. The third kappa shape index (κ3) is 3.29. The number of anilines is 3. The van der Waals surface area contributed by atoms with Gasteiger partial charge in [-0.3, -0.25) is 0 Å². The summed E-state index contributed by atoms with van der Waals surface area (Å²) in [6.45, 7) is 3.91. The van der Waals surface area contributed by atoms with Crippen molar-refractivity contribution in [2.45, 2.75) is 19.8 Å². The van der Waals surface area contributed by atoms with Crippen molar-refractivity contribution in [1.82, 2.24) is 9.97 Å². The van der Waals surface area contributed by atoms with Gasteiger partial charge in [-0.25, -0.2) is 18.7 Å². The van der Waals surface area contributed by atoms with E-state index in [9.17, 15) is 8.78 Å². The summed E-state index contributed by atoms with van der Waals surface area (Å²) in [5.74, 6) is -0.301. The van der Waals surface area contributed by atoms with Gasteiger partial charge in [-0.15, -0.1) is 0 Å². The molecule has 7 heteroatoms. The topological polar surface area (TPSA) is 49.8 Å². The van der Waals surface area contributed by atoms with Crippen molar-refractivity contribution in [2.75, 3.05) is 17.7 Å². The average molecular weight is 357 g/mol. The van der Waals surface area contributed by atoms with E-state index in [0.29, 0.717) is 16.1 Å². The Kier molecular flexibility index (Phi) is 4.72. The summed E-state index contributed by atoms with van der Waals surface area (Å²) in [5, 5.41) is 5.69. The van der Waals surface area contributed by atoms with Crippen LogP contribution in [0.15, 0.2) is 22.9 Å². The molecule has 2 rings (SSSR count). The van der Waals surface area contributed by atoms with Crippen molar-refractivity contribution in [3.8, 4) is 0 Å². The number of nitrogens with one attached hydrogen (secondary N) is 2. The zero-order valence-corrected chi connectivity index (χ0v) is 13.4. The molecule has 0 aliphatic carbocycles. The van der Waals surface area contributed by atoms with Gasteiger partial charge < -0.3 is 10.6 Å². The standard InChI is InChI=1S/C14H15BrF2N4/c1-7(2)11-13(18-3)19-6-20-14(11)21-12-9(16)4-8(15)5-10(12)17/h4-7H,1-3H3,(H2,18,19,20,21). The maximum Gasteiger partial charge on any atom is 0.150 e. The summed E-state index contributed by atoms with van der Waals surface area (Å²) >= 11 is 3.05. The zero-order chi connectivity index (χ0) is 15.6. The monoisotopic (exact) mass is 356 g/mol.